The number of halogens is 3. The fourth-order valence-electron chi connectivity index (χ4n) is 0. The maximum Gasteiger partial charge on any atom is 0.330 e. The lowest BCUT2D eigenvalue weighted by molar-refractivity contribution is -0.132. The van der Waals surface area contributed by atoms with Crippen LogP contribution in [0.25, 0.3) is 0 Å². The van der Waals surface area contributed by atoms with E-state index in [9.17, 15) is 4.79 Å². The molecule has 0 saturated heterocycles. The van der Waals surface area contributed by atoms with E-state index in [0.29, 0.717) is 0 Å². The highest BCUT2D eigenvalue weighted by molar-refractivity contribution is 6.63. The van der Waals surface area contributed by atoms with Gasteiger partial charge >= 0.3 is 5.97 Å². The maximum absolute atomic E-state index is 9.60. The van der Waals surface area contributed by atoms with Gasteiger partial charge in [-0.1, -0.05) is 41.4 Å². The van der Waals surface area contributed by atoms with Crippen molar-refractivity contribution in [2.24, 2.45) is 0 Å². The molecule has 10 heavy (non-hydrogen) atoms. The summed E-state index contributed by atoms with van der Waals surface area (Å²) in [6.07, 6.45) is 0. The molecule has 0 rings (SSSR count). The van der Waals surface area contributed by atoms with Crippen LogP contribution in [-0.2, 0) is 4.79 Å². The first-order valence-corrected chi connectivity index (χ1v) is 3.50. The van der Waals surface area contributed by atoms with Crippen LogP contribution in [0.1, 0.15) is 6.92 Å². The average Bonchev–Trinajstić information content (AvgIpc) is 1.63. The van der Waals surface area contributed by atoms with Crippen LogP contribution in [0.15, 0.2) is 12.2 Å². The molecule has 0 amide bonds. The molecule has 0 aliphatic carbocycles. The molecule has 5 heteroatoms. The van der Waals surface area contributed by atoms with E-state index in [-0.39, 0.29) is 5.57 Å². The second-order valence-electron chi connectivity index (χ2n) is 1.33. The SMILES string of the molecule is C=C(C)C(=O)O.ClC(Cl)Cl. The van der Waals surface area contributed by atoms with E-state index >= 15 is 0 Å². The Morgan fingerprint density at radius 1 is 1.50 bits per heavy atom. The Balaban J connectivity index is 0. The molecule has 0 fully saturated rings. The highest BCUT2D eigenvalue weighted by Crippen LogP contribution is 2.03. The Hall–Kier alpha value is 0.0800. The fourth-order valence-corrected chi connectivity index (χ4v) is 0. The number of carboxylic acids is 1. The van der Waals surface area contributed by atoms with Crippen molar-refractivity contribution < 1.29 is 9.90 Å². The van der Waals surface area contributed by atoms with Crippen LogP contribution in [0.2, 0.25) is 0 Å². The van der Waals surface area contributed by atoms with Crippen LogP contribution in [-0.4, -0.2) is 15.4 Å². The van der Waals surface area contributed by atoms with E-state index in [1.54, 1.807) is 0 Å². The van der Waals surface area contributed by atoms with Gasteiger partial charge in [0.25, 0.3) is 0 Å². The first-order valence-electron chi connectivity index (χ1n) is 2.19. The lowest BCUT2D eigenvalue weighted by atomic mass is 10.4. The molecule has 0 aliphatic heterocycles. The van der Waals surface area contributed by atoms with Crippen molar-refractivity contribution in [3.05, 3.63) is 12.2 Å². The Kier molecular flexibility index (Phi) is 9.15. The van der Waals surface area contributed by atoms with Gasteiger partial charge in [0.15, 0.2) is 4.30 Å². The minimum atomic E-state index is -0.935. The molecule has 0 heterocycles. The highest BCUT2D eigenvalue weighted by atomic mass is 35.6. The zero-order valence-electron chi connectivity index (χ0n) is 5.27. The van der Waals surface area contributed by atoms with E-state index in [1.807, 2.05) is 0 Å². The van der Waals surface area contributed by atoms with E-state index in [0.717, 1.165) is 0 Å². The zero-order chi connectivity index (χ0) is 8.73. The van der Waals surface area contributed by atoms with Gasteiger partial charge in [-0.05, 0) is 6.92 Å². The summed E-state index contributed by atoms with van der Waals surface area (Å²) in [5.41, 5.74) is 0.176. The molecule has 0 unspecified atom stereocenters. The summed E-state index contributed by atoms with van der Waals surface area (Å²) in [7, 11) is 0. The Morgan fingerprint density at radius 3 is 1.60 bits per heavy atom. The van der Waals surface area contributed by atoms with Gasteiger partial charge in [-0.25, -0.2) is 4.79 Å². The topological polar surface area (TPSA) is 37.3 Å². The summed E-state index contributed by atoms with van der Waals surface area (Å²) in [4.78, 5) is 9.60. The third kappa shape index (κ3) is 24.3. The van der Waals surface area contributed by atoms with Crippen LogP contribution in [0.3, 0.4) is 0 Å². The molecule has 1 N–H and O–H groups in total. The molecular formula is C5H7Cl3O2. The summed E-state index contributed by atoms with van der Waals surface area (Å²) in [6, 6.07) is 0. The Labute approximate surface area is 74.4 Å². The first kappa shape index (κ1) is 12.7. The van der Waals surface area contributed by atoms with Crippen molar-refractivity contribution in [2.45, 2.75) is 11.2 Å². The summed E-state index contributed by atoms with van der Waals surface area (Å²) < 4.78 is -0.750. The largest absolute Gasteiger partial charge is 0.478 e. The Morgan fingerprint density at radius 2 is 1.60 bits per heavy atom. The maximum atomic E-state index is 9.60. The molecule has 0 aliphatic rings. The smallest absolute Gasteiger partial charge is 0.330 e. The molecular weight excluding hydrogens is 198 g/mol. The summed E-state index contributed by atoms with van der Waals surface area (Å²) >= 11 is 14.4. The quantitative estimate of drug-likeness (QED) is 0.528. The second-order valence-corrected chi connectivity index (χ2v) is 3.31. The van der Waals surface area contributed by atoms with Crippen LogP contribution >= 0.6 is 34.8 Å². The molecule has 60 valence electrons. The van der Waals surface area contributed by atoms with Crippen molar-refractivity contribution in [3.8, 4) is 0 Å². The molecule has 0 radical (unpaired) electrons. The molecule has 0 aromatic carbocycles. The molecule has 0 atom stereocenters. The van der Waals surface area contributed by atoms with Gasteiger partial charge in [-0.3, -0.25) is 0 Å². The van der Waals surface area contributed by atoms with Crippen molar-refractivity contribution in [1.29, 1.82) is 0 Å². The fraction of sp³-hybridized carbons (Fsp3) is 0.400. The number of hydrogen-bond acceptors (Lipinski definition) is 1. The van der Waals surface area contributed by atoms with Gasteiger partial charge in [0.2, 0.25) is 0 Å². The van der Waals surface area contributed by atoms with Crippen molar-refractivity contribution >= 4 is 40.8 Å². The molecule has 2 nitrogen and oxygen atoms in total. The molecule has 0 saturated carbocycles. The number of carbonyl (C=O) groups is 1. The highest BCUT2D eigenvalue weighted by Gasteiger charge is 1.90. The predicted octanol–water partition coefficient (Wildman–Crippen LogP) is 2.63. The Bertz CT molecular complexity index is 107. The average molecular weight is 205 g/mol. The van der Waals surface area contributed by atoms with Gasteiger partial charge in [-0.15, -0.1) is 0 Å². The van der Waals surface area contributed by atoms with Crippen molar-refractivity contribution in [1.82, 2.24) is 0 Å². The normalized spacial score (nSPS) is 8.10. The number of rotatable bonds is 1. The first-order chi connectivity index (χ1) is 4.37. The number of hydrogen-bond donors (Lipinski definition) is 1. The summed E-state index contributed by atoms with van der Waals surface area (Å²) in [6.45, 7) is 4.60. The zero-order valence-corrected chi connectivity index (χ0v) is 7.54. The third-order valence-corrected chi connectivity index (χ3v) is 0.365. The van der Waals surface area contributed by atoms with E-state index < -0.39 is 10.3 Å². The molecule has 0 bridgehead atoms. The number of aliphatic carboxylic acids is 1. The van der Waals surface area contributed by atoms with Crippen molar-refractivity contribution in [3.63, 3.8) is 0 Å². The monoisotopic (exact) mass is 204 g/mol. The van der Waals surface area contributed by atoms with Crippen LogP contribution in [0.4, 0.5) is 0 Å². The molecule has 0 aromatic rings. The molecule has 0 aromatic heterocycles. The van der Waals surface area contributed by atoms with Gasteiger partial charge in [0, 0.05) is 5.57 Å². The minimum Gasteiger partial charge on any atom is -0.478 e. The van der Waals surface area contributed by atoms with Crippen molar-refractivity contribution in [2.75, 3.05) is 0 Å². The van der Waals surface area contributed by atoms with Crippen LogP contribution in [0, 0.1) is 0 Å². The lowest BCUT2D eigenvalue weighted by Gasteiger charge is -1.79. The van der Waals surface area contributed by atoms with Gasteiger partial charge in [-0.2, -0.15) is 0 Å². The van der Waals surface area contributed by atoms with Gasteiger partial charge in [0.1, 0.15) is 0 Å². The van der Waals surface area contributed by atoms with E-state index in [4.69, 9.17) is 39.9 Å². The van der Waals surface area contributed by atoms with Gasteiger partial charge < -0.3 is 5.11 Å². The summed E-state index contributed by atoms with van der Waals surface area (Å²) in [5.74, 6) is -0.935. The van der Waals surface area contributed by atoms with E-state index in [1.165, 1.54) is 6.92 Å². The van der Waals surface area contributed by atoms with E-state index in [2.05, 4.69) is 6.58 Å². The minimum absolute atomic E-state index is 0.176. The standard InChI is InChI=1S/C4H6O2.CHCl3/c1-3(2)4(5)6;2-1(3)4/h1H2,2H3,(H,5,6);1H. The van der Waals surface area contributed by atoms with Crippen LogP contribution < -0.4 is 0 Å². The number of carboxylic acid groups (broad SMARTS) is 1. The summed E-state index contributed by atoms with van der Waals surface area (Å²) in [5, 5.41) is 7.89. The number of alkyl halides is 3. The molecule has 0 spiro atoms. The van der Waals surface area contributed by atoms with Crippen LogP contribution in [0.5, 0.6) is 0 Å². The predicted molar refractivity (Wildman–Crippen MR) is 43.8 cm³/mol. The van der Waals surface area contributed by atoms with Gasteiger partial charge in [0.05, 0.1) is 0 Å². The second kappa shape index (κ2) is 7.19. The third-order valence-electron chi connectivity index (χ3n) is 0.365. The lowest BCUT2D eigenvalue weighted by Crippen LogP contribution is -1.92.